The van der Waals surface area contributed by atoms with E-state index in [1.54, 1.807) is 0 Å². The minimum atomic E-state index is -0.0884. The van der Waals surface area contributed by atoms with Crippen LogP contribution in [-0.2, 0) is 0 Å². The molecule has 84 valence electrons. The Kier molecular flexibility index (Phi) is 3.93. The maximum Gasteiger partial charge on any atom is 0.0610 e. The molecule has 1 rings (SSSR count). The van der Waals surface area contributed by atoms with Crippen LogP contribution in [0.1, 0.15) is 34.1 Å². The summed E-state index contributed by atoms with van der Waals surface area (Å²) < 4.78 is 0. The van der Waals surface area contributed by atoms with Crippen molar-refractivity contribution in [2.75, 3.05) is 19.7 Å². The molecule has 2 unspecified atom stereocenters. The number of hydrogen-bond acceptors (Lipinski definition) is 3. The zero-order valence-electron chi connectivity index (χ0n) is 9.88. The summed E-state index contributed by atoms with van der Waals surface area (Å²) in [6, 6.07) is 1.09. The van der Waals surface area contributed by atoms with Gasteiger partial charge in [-0.1, -0.05) is 6.92 Å². The van der Waals surface area contributed by atoms with Crippen LogP contribution >= 0.6 is 0 Å². The summed E-state index contributed by atoms with van der Waals surface area (Å²) in [5, 5.41) is 12.9. The van der Waals surface area contributed by atoms with Gasteiger partial charge in [0.1, 0.15) is 0 Å². The predicted octanol–water partition coefficient (Wildman–Crippen LogP) is 0.830. The van der Waals surface area contributed by atoms with E-state index in [-0.39, 0.29) is 12.1 Å². The third kappa shape index (κ3) is 2.47. The van der Waals surface area contributed by atoms with E-state index < -0.39 is 0 Å². The molecule has 1 aliphatic heterocycles. The monoisotopic (exact) mass is 200 g/mol. The van der Waals surface area contributed by atoms with Crippen LogP contribution in [0.3, 0.4) is 0 Å². The lowest BCUT2D eigenvalue weighted by Crippen LogP contribution is -2.62. The molecule has 14 heavy (non-hydrogen) atoms. The molecule has 3 heteroatoms. The average molecular weight is 200 g/mol. The second kappa shape index (κ2) is 4.60. The molecule has 0 aromatic carbocycles. The van der Waals surface area contributed by atoms with Gasteiger partial charge in [0.05, 0.1) is 6.61 Å². The number of nitrogens with one attached hydrogen (secondary N) is 1. The number of hydrogen-bond donors (Lipinski definition) is 2. The van der Waals surface area contributed by atoms with E-state index in [0.29, 0.717) is 12.1 Å². The van der Waals surface area contributed by atoms with Gasteiger partial charge in [-0.2, -0.15) is 0 Å². The Balaban J connectivity index is 2.65. The fourth-order valence-corrected chi connectivity index (χ4v) is 2.14. The van der Waals surface area contributed by atoms with Crippen LogP contribution in [0.15, 0.2) is 0 Å². The Morgan fingerprint density at radius 3 is 2.64 bits per heavy atom. The largest absolute Gasteiger partial charge is 0.394 e. The highest BCUT2D eigenvalue weighted by atomic mass is 16.3. The Morgan fingerprint density at radius 2 is 2.14 bits per heavy atom. The number of piperazine rings is 1. The summed E-state index contributed by atoms with van der Waals surface area (Å²) in [5.74, 6) is 0. The second-order valence-corrected chi connectivity index (χ2v) is 4.99. The van der Waals surface area contributed by atoms with Gasteiger partial charge < -0.3 is 10.4 Å². The molecular weight excluding hydrogens is 176 g/mol. The van der Waals surface area contributed by atoms with Crippen molar-refractivity contribution in [2.24, 2.45) is 0 Å². The molecule has 0 spiro atoms. The van der Waals surface area contributed by atoms with E-state index in [1.165, 1.54) is 0 Å². The molecule has 0 radical (unpaired) electrons. The van der Waals surface area contributed by atoms with Gasteiger partial charge >= 0.3 is 0 Å². The van der Waals surface area contributed by atoms with Gasteiger partial charge in [0.25, 0.3) is 0 Å². The van der Waals surface area contributed by atoms with Crippen LogP contribution < -0.4 is 5.32 Å². The zero-order valence-corrected chi connectivity index (χ0v) is 9.88. The normalized spacial score (nSPS) is 30.6. The Hall–Kier alpha value is -0.120. The van der Waals surface area contributed by atoms with Crippen LogP contribution in [0.2, 0.25) is 0 Å². The van der Waals surface area contributed by atoms with E-state index in [0.717, 1.165) is 19.5 Å². The highest BCUT2D eigenvalue weighted by Crippen LogP contribution is 2.20. The molecule has 0 aliphatic carbocycles. The highest BCUT2D eigenvalue weighted by Gasteiger charge is 2.34. The molecule has 3 nitrogen and oxygen atoms in total. The van der Waals surface area contributed by atoms with Gasteiger partial charge in [-0.05, 0) is 27.2 Å². The highest BCUT2D eigenvalue weighted by molar-refractivity contribution is 4.91. The maximum absolute atomic E-state index is 9.36. The van der Waals surface area contributed by atoms with Crippen molar-refractivity contribution in [1.29, 1.82) is 0 Å². The fourth-order valence-electron chi connectivity index (χ4n) is 2.14. The third-order valence-corrected chi connectivity index (χ3v) is 3.31. The van der Waals surface area contributed by atoms with Crippen LogP contribution in [0.25, 0.3) is 0 Å². The molecule has 0 aromatic rings. The number of rotatable bonds is 3. The summed E-state index contributed by atoms with van der Waals surface area (Å²) in [6.07, 6.45) is 1.16. The van der Waals surface area contributed by atoms with E-state index >= 15 is 0 Å². The second-order valence-electron chi connectivity index (χ2n) is 4.99. The summed E-state index contributed by atoms with van der Waals surface area (Å²) in [7, 11) is 0. The molecule has 2 atom stereocenters. The molecule has 1 aliphatic rings. The summed E-state index contributed by atoms with van der Waals surface area (Å²) >= 11 is 0. The summed E-state index contributed by atoms with van der Waals surface area (Å²) in [4.78, 5) is 2.41. The van der Waals surface area contributed by atoms with Crippen LogP contribution in [0.4, 0.5) is 0 Å². The SMILES string of the molecule is CCC1CN(C(C)(C)CO)C(C)CN1. The van der Waals surface area contributed by atoms with Gasteiger partial charge in [-0.25, -0.2) is 0 Å². The Morgan fingerprint density at radius 1 is 1.50 bits per heavy atom. The van der Waals surface area contributed by atoms with Gasteiger partial charge in [-0.15, -0.1) is 0 Å². The topological polar surface area (TPSA) is 35.5 Å². The number of aliphatic hydroxyl groups is 1. The maximum atomic E-state index is 9.36. The van der Waals surface area contributed by atoms with Gasteiger partial charge in [0, 0.05) is 30.7 Å². The molecule has 2 N–H and O–H groups in total. The molecule has 1 fully saturated rings. The first-order valence-electron chi connectivity index (χ1n) is 5.62. The van der Waals surface area contributed by atoms with Crippen molar-refractivity contribution in [1.82, 2.24) is 10.2 Å². The molecule has 0 saturated carbocycles. The Bertz CT molecular complexity index is 182. The molecule has 1 heterocycles. The third-order valence-electron chi connectivity index (χ3n) is 3.31. The van der Waals surface area contributed by atoms with Crippen molar-refractivity contribution in [3.63, 3.8) is 0 Å². The molecule has 0 bridgehead atoms. The van der Waals surface area contributed by atoms with Crippen LogP contribution in [0, 0.1) is 0 Å². The minimum absolute atomic E-state index is 0.0884. The van der Waals surface area contributed by atoms with Crippen molar-refractivity contribution in [3.05, 3.63) is 0 Å². The van der Waals surface area contributed by atoms with E-state index in [2.05, 4.69) is 37.9 Å². The van der Waals surface area contributed by atoms with Gasteiger partial charge in [0.2, 0.25) is 0 Å². The predicted molar refractivity (Wildman–Crippen MR) is 59.4 cm³/mol. The number of aliphatic hydroxyl groups excluding tert-OH is 1. The van der Waals surface area contributed by atoms with Crippen molar-refractivity contribution in [2.45, 2.75) is 51.7 Å². The summed E-state index contributed by atoms with van der Waals surface area (Å²) in [6.45, 7) is 11.0. The number of nitrogens with zero attached hydrogens (tertiary/aromatic N) is 1. The van der Waals surface area contributed by atoms with Gasteiger partial charge in [-0.3, -0.25) is 4.90 Å². The van der Waals surface area contributed by atoms with E-state index in [4.69, 9.17) is 0 Å². The quantitative estimate of drug-likeness (QED) is 0.708. The standard InChI is InChI=1S/C11H24N2O/c1-5-10-7-13(9(2)6-12-10)11(3,4)8-14/h9-10,12,14H,5-8H2,1-4H3. The van der Waals surface area contributed by atoms with Crippen LogP contribution in [-0.4, -0.2) is 47.3 Å². The van der Waals surface area contributed by atoms with Crippen LogP contribution in [0.5, 0.6) is 0 Å². The lowest BCUT2D eigenvalue weighted by Gasteiger charge is -2.47. The smallest absolute Gasteiger partial charge is 0.0610 e. The molecule has 0 amide bonds. The lowest BCUT2D eigenvalue weighted by molar-refractivity contribution is 0.00163. The Labute approximate surface area is 87.5 Å². The van der Waals surface area contributed by atoms with Crippen molar-refractivity contribution in [3.8, 4) is 0 Å². The fraction of sp³-hybridized carbons (Fsp3) is 1.00. The van der Waals surface area contributed by atoms with E-state index in [1.807, 2.05) is 0 Å². The molecule has 0 aromatic heterocycles. The van der Waals surface area contributed by atoms with Crippen molar-refractivity contribution >= 4 is 0 Å². The van der Waals surface area contributed by atoms with Gasteiger partial charge in [0.15, 0.2) is 0 Å². The first-order chi connectivity index (χ1) is 6.51. The molecule has 1 saturated heterocycles. The van der Waals surface area contributed by atoms with Crippen molar-refractivity contribution < 1.29 is 5.11 Å². The minimum Gasteiger partial charge on any atom is -0.394 e. The first-order valence-corrected chi connectivity index (χ1v) is 5.62. The lowest BCUT2D eigenvalue weighted by atomic mass is 9.97. The first kappa shape index (κ1) is 12.0. The summed E-state index contributed by atoms with van der Waals surface area (Å²) in [5.41, 5.74) is -0.0884. The zero-order chi connectivity index (χ0) is 10.8. The molecular formula is C11H24N2O. The van der Waals surface area contributed by atoms with E-state index in [9.17, 15) is 5.11 Å². The average Bonchev–Trinajstić information content (AvgIpc) is 2.18.